The Balaban J connectivity index is 2.08. The predicted octanol–water partition coefficient (Wildman–Crippen LogP) is 3.53. The molecule has 1 aromatic heterocycles. The molecule has 2 aromatic rings. The van der Waals surface area contributed by atoms with Crippen LogP contribution in [0, 0.1) is 0 Å². The van der Waals surface area contributed by atoms with E-state index in [1.165, 1.54) is 0 Å². The number of aromatic nitrogens is 2. The molecule has 6 heteroatoms. The summed E-state index contributed by atoms with van der Waals surface area (Å²) >= 11 is 4.56. The van der Waals surface area contributed by atoms with Gasteiger partial charge in [0.15, 0.2) is 0 Å². The molecule has 106 valence electrons. The van der Waals surface area contributed by atoms with E-state index in [0.29, 0.717) is 11.4 Å². The Morgan fingerprint density at radius 1 is 1.40 bits per heavy atom. The topological polar surface area (TPSA) is 54.9 Å². The molecule has 1 heterocycles. The molecule has 1 aromatic carbocycles. The van der Waals surface area contributed by atoms with Gasteiger partial charge in [0.1, 0.15) is 4.88 Å². The van der Waals surface area contributed by atoms with Crippen LogP contribution in [0.5, 0.6) is 0 Å². The van der Waals surface area contributed by atoms with Gasteiger partial charge in [-0.2, -0.15) is 0 Å². The van der Waals surface area contributed by atoms with Gasteiger partial charge in [-0.05, 0) is 29.2 Å². The molecular weight excluding hydrogens is 338 g/mol. The van der Waals surface area contributed by atoms with Crippen LogP contribution in [0.25, 0.3) is 0 Å². The fourth-order valence-electron chi connectivity index (χ4n) is 1.74. The highest BCUT2D eigenvalue weighted by molar-refractivity contribution is 9.10. The van der Waals surface area contributed by atoms with Crippen molar-refractivity contribution in [3.05, 3.63) is 44.9 Å². The molecule has 0 fully saturated rings. The van der Waals surface area contributed by atoms with Gasteiger partial charge in [0.2, 0.25) is 0 Å². The van der Waals surface area contributed by atoms with Gasteiger partial charge in [0, 0.05) is 16.4 Å². The standard InChI is InChI=1S/C14H16BrN3OS/c1-14(2,3)12-11(20-18-17-12)13(19)16-8-9-5-4-6-10(15)7-9/h4-7H,8H2,1-3H3,(H,16,19). The third-order valence-corrected chi connectivity index (χ3v) is 3.96. The van der Waals surface area contributed by atoms with E-state index in [-0.39, 0.29) is 11.3 Å². The molecule has 0 saturated heterocycles. The van der Waals surface area contributed by atoms with Crippen molar-refractivity contribution < 1.29 is 4.79 Å². The number of hydrogen-bond donors (Lipinski definition) is 1. The molecule has 1 amide bonds. The van der Waals surface area contributed by atoms with Crippen molar-refractivity contribution >= 4 is 33.4 Å². The van der Waals surface area contributed by atoms with Crippen molar-refractivity contribution in [3.63, 3.8) is 0 Å². The minimum atomic E-state index is -0.185. The van der Waals surface area contributed by atoms with Crippen molar-refractivity contribution in [3.8, 4) is 0 Å². The van der Waals surface area contributed by atoms with Gasteiger partial charge in [-0.3, -0.25) is 4.79 Å². The Labute approximate surface area is 130 Å². The highest BCUT2D eigenvalue weighted by Crippen LogP contribution is 2.25. The van der Waals surface area contributed by atoms with Gasteiger partial charge in [-0.15, -0.1) is 5.10 Å². The van der Waals surface area contributed by atoms with Crippen LogP contribution in [-0.4, -0.2) is 15.5 Å². The van der Waals surface area contributed by atoms with Crippen LogP contribution in [0.3, 0.4) is 0 Å². The van der Waals surface area contributed by atoms with Crippen LogP contribution in [0.4, 0.5) is 0 Å². The monoisotopic (exact) mass is 353 g/mol. The molecular formula is C14H16BrN3OS. The smallest absolute Gasteiger partial charge is 0.265 e. The minimum absolute atomic E-state index is 0.120. The van der Waals surface area contributed by atoms with Gasteiger partial charge >= 0.3 is 0 Å². The summed E-state index contributed by atoms with van der Waals surface area (Å²) in [6.07, 6.45) is 0. The highest BCUT2D eigenvalue weighted by Gasteiger charge is 2.26. The normalized spacial score (nSPS) is 11.4. The summed E-state index contributed by atoms with van der Waals surface area (Å²) in [4.78, 5) is 12.8. The summed E-state index contributed by atoms with van der Waals surface area (Å²) in [5.74, 6) is -0.120. The first-order valence-corrected chi connectivity index (χ1v) is 7.80. The molecule has 4 nitrogen and oxygen atoms in total. The lowest BCUT2D eigenvalue weighted by atomic mass is 9.91. The molecule has 2 rings (SSSR count). The summed E-state index contributed by atoms with van der Waals surface area (Å²) in [5.41, 5.74) is 1.60. The Hall–Kier alpha value is -1.27. The number of benzene rings is 1. The van der Waals surface area contributed by atoms with Crippen LogP contribution < -0.4 is 5.32 Å². The molecule has 1 N–H and O–H groups in total. The highest BCUT2D eigenvalue weighted by atomic mass is 79.9. The lowest BCUT2D eigenvalue weighted by Crippen LogP contribution is -2.25. The number of hydrogen-bond acceptors (Lipinski definition) is 4. The summed E-state index contributed by atoms with van der Waals surface area (Å²) in [7, 11) is 0. The number of halogens is 1. The zero-order chi connectivity index (χ0) is 14.8. The van der Waals surface area contributed by atoms with Gasteiger partial charge in [0.05, 0.1) is 5.69 Å². The first-order chi connectivity index (χ1) is 9.38. The van der Waals surface area contributed by atoms with E-state index in [9.17, 15) is 4.79 Å². The molecule has 0 aliphatic rings. The predicted molar refractivity (Wildman–Crippen MR) is 83.9 cm³/mol. The van der Waals surface area contributed by atoms with E-state index in [4.69, 9.17) is 0 Å². The maximum absolute atomic E-state index is 12.2. The number of carbonyl (C=O) groups excluding carboxylic acids is 1. The molecule has 0 aliphatic carbocycles. The molecule has 0 aliphatic heterocycles. The third-order valence-electron chi connectivity index (χ3n) is 2.75. The molecule has 0 atom stereocenters. The molecule has 0 radical (unpaired) electrons. The van der Waals surface area contributed by atoms with Crippen LogP contribution in [0.15, 0.2) is 28.7 Å². The second kappa shape index (κ2) is 6.01. The quantitative estimate of drug-likeness (QED) is 0.918. The van der Waals surface area contributed by atoms with Crippen molar-refractivity contribution in [1.29, 1.82) is 0 Å². The van der Waals surface area contributed by atoms with Crippen molar-refractivity contribution in [2.75, 3.05) is 0 Å². The van der Waals surface area contributed by atoms with Crippen LogP contribution in [-0.2, 0) is 12.0 Å². The number of nitrogens with zero attached hydrogens (tertiary/aromatic N) is 2. The van der Waals surface area contributed by atoms with Crippen LogP contribution in [0.2, 0.25) is 0 Å². The number of amides is 1. The summed E-state index contributed by atoms with van der Waals surface area (Å²) < 4.78 is 4.90. The fourth-order valence-corrected chi connectivity index (χ4v) is 2.98. The van der Waals surface area contributed by atoms with Crippen LogP contribution >= 0.6 is 27.5 Å². The number of rotatable bonds is 3. The van der Waals surface area contributed by atoms with E-state index < -0.39 is 0 Å². The maximum atomic E-state index is 12.2. The average Bonchev–Trinajstić information content (AvgIpc) is 2.85. The lowest BCUT2D eigenvalue weighted by Gasteiger charge is -2.16. The Morgan fingerprint density at radius 2 is 2.15 bits per heavy atom. The molecule has 20 heavy (non-hydrogen) atoms. The Kier molecular flexibility index (Phi) is 4.55. The van der Waals surface area contributed by atoms with Gasteiger partial charge < -0.3 is 5.32 Å². The van der Waals surface area contributed by atoms with E-state index in [1.54, 1.807) is 0 Å². The fraction of sp³-hybridized carbons (Fsp3) is 0.357. The van der Waals surface area contributed by atoms with Crippen molar-refractivity contribution in [2.24, 2.45) is 0 Å². The molecule has 0 saturated carbocycles. The minimum Gasteiger partial charge on any atom is -0.347 e. The molecule has 0 bridgehead atoms. The zero-order valence-electron chi connectivity index (χ0n) is 11.6. The lowest BCUT2D eigenvalue weighted by molar-refractivity contribution is 0.0952. The summed E-state index contributed by atoms with van der Waals surface area (Å²) in [5, 5.41) is 6.99. The largest absolute Gasteiger partial charge is 0.347 e. The van der Waals surface area contributed by atoms with Crippen LogP contribution in [0.1, 0.15) is 41.7 Å². The zero-order valence-corrected chi connectivity index (χ0v) is 14.0. The number of nitrogens with one attached hydrogen (secondary N) is 1. The Bertz CT molecular complexity index is 619. The van der Waals surface area contributed by atoms with E-state index in [1.807, 2.05) is 45.0 Å². The summed E-state index contributed by atoms with van der Waals surface area (Å²) in [6, 6.07) is 7.85. The van der Waals surface area contributed by atoms with Crippen molar-refractivity contribution in [1.82, 2.24) is 14.9 Å². The van der Waals surface area contributed by atoms with Crippen molar-refractivity contribution in [2.45, 2.75) is 32.7 Å². The van der Waals surface area contributed by atoms with E-state index in [0.717, 1.165) is 27.3 Å². The third kappa shape index (κ3) is 3.64. The SMILES string of the molecule is CC(C)(C)c1nnsc1C(=O)NCc1cccc(Br)c1. The van der Waals surface area contributed by atoms with E-state index >= 15 is 0 Å². The maximum Gasteiger partial charge on any atom is 0.265 e. The average molecular weight is 354 g/mol. The first kappa shape index (κ1) is 15.1. The number of carbonyl (C=O) groups is 1. The summed E-state index contributed by atoms with van der Waals surface area (Å²) in [6.45, 7) is 6.55. The second-order valence-electron chi connectivity index (χ2n) is 5.51. The van der Waals surface area contributed by atoms with Gasteiger partial charge in [0.25, 0.3) is 5.91 Å². The van der Waals surface area contributed by atoms with E-state index in [2.05, 4.69) is 30.8 Å². The van der Waals surface area contributed by atoms with Gasteiger partial charge in [-0.25, -0.2) is 0 Å². The molecule has 0 spiro atoms. The molecule has 0 unspecified atom stereocenters. The Morgan fingerprint density at radius 3 is 2.80 bits per heavy atom. The van der Waals surface area contributed by atoms with Gasteiger partial charge in [-0.1, -0.05) is 53.3 Å². The first-order valence-electron chi connectivity index (χ1n) is 6.23. The second-order valence-corrected chi connectivity index (χ2v) is 7.18.